The van der Waals surface area contributed by atoms with Crippen LogP contribution >= 0.6 is 11.3 Å². The lowest BCUT2D eigenvalue weighted by Crippen LogP contribution is -1.86. The number of halogens is 1. The molecule has 2 heteroatoms. The van der Waals surface area contributed by atoms with Gasteiger partial charge in [-0.2, -0.15) is 0 Å². The summed E-state index contributed by atoms with van der Waals surface area (Å²) < 4.78 is 14.5. The standard InChI is InChI=1S/C11H11FS/c1-3-8-4-5-9-7(2)6-13-11(9)10(8)12/h4-6H,3H2,1-2H3. The van der Waals surface area contributed by atoms with Gasteiger partial charge in [0.2, 0.25) is 0 Å². The summed E-state index contributed by atoms with van der Waals surface area (Å²) in [6, 6.07) is 3.90. The van der Waals surface area contributed by atoms with Gasteiger partial charge in [0.25, 0.3) is 0 Å². The van der Waals surface area contributed by atoms with E-state index in [4.69, 9.17) is 0 Å². The number of thiophene rings is 1. The summed E-state index contributed by atoms with van der Waals surface area (Å²) in [4.78, 5) is 0. The second-order valence-electron chi connectivity index (χ2n) is 3.19. The third-order valence-electron chi connectivity index (χ3n) is 2.34. The number of hydrogen-bond acceptors (Lipinski definition) is 1. The Kier molecular flexibility index (Phi) is 2.08. The zero-order chi connectivity index (χ0) is 9.42. The van der Waals surface area contributed by atoms with E-state index in [0.29, 0.717) is 0 Å². The minimum absolute atomic E-state index is 0.0295. The molecule has 0 saturated heterocycles. The smallest absolute Gasteiger partial charge is 0.144 e. The van der Waals surface area contributed by atoms with Gasteiger partial charge < -0.3 is 0 Å². The van der Waals surface area contributed by atoms with Crippen LogP contribution in [0.25, 0.3) is 10.1 Å². The topological polar surface area (TPSA) is 0 Å². The van der Waals surface area contributed by atoms with Gasteiger partial charge in [-0.3, -0.25) is 0 Å². The Morgan fingerprint density at radius 3 is 2.85 bits per heavy atom. The zero-order valence-electron chi connectivity index (χ0n) is 7.73. The van der Waals surface area contributed by atoms with Crippen LogP contribution in [0.15, 0.2) is 17.5 Å². The quantitative estimate of drug-likeness (QED) is 0.645. The van der Waals surface area contributed by atoms with Gasteiger partial charge in [0.05, 0.1) is 4.70 Å². The highest BCUT2D eigenvalue weighted by atomic mass is 32.1. The van der Waals surface area contributed by atoms with E-state index >= 15 is 0 Å². The highest BCUT2D eigenvalue weighted by Crippen LogP contribution is 2.29. The average Bonchev–Trinajstić information content (AvgIpc) is 2.50. The Labute approximate surface area is 81.0 Å². The summed E-state index contributed by atoms with van der Waals surface area (Å²) in [6.45, 7) is 3.99. The van der Waals surface area contributed by atoms with Crippen molar-refractivity contribution in [3.8, 4) is 0 Å². The van der Waals surface area contributed by atoms with Crippen LogP contribution in [0, 0.1) is 12.7 Å². The molecule has 2 aromatic rings. The molecule has 0 aliphatic rings. The summed E-state index contributed by atoms with van der Waals surface area (Å²) in [5, 5.41) is 3.06. The van der Waals surface area contributed by atoms with Crippen LogP contribution < -0.4 is 0 Å². The Morgan fingerprint density at radius 1 is 1.38 bits per heavy atom. The monoisotopic (exact) mass is 194 g/mol. The van der Waals surface area contributed by atoms with Crippen LogP contribution in [0.2, 0.25) is 0 Å². The molecule has 0 bridgehead atoms. The molecule has 0 amide bonds. The minimum atomic E-state index is -0.0295. The number of fused-ring (bicyclic) bond motifs is 1. The molecular formula is C11H11FS. The molecule has 13 heavy (non-hydrogen) atoms. The van der Waals surface area contributed by atoms with Crippen LogP contribution in [0.5, 0.6) is 0 Å². The molecule has 0 atom stereocenters. The Bertz CT molecular complexity index is 443. The molecule has 68 valence electrons. The first-order valence-corrected chi connectivity index (χ1v) is 5.27. The Balaban J connectivity index is 2.80. The average molecular weight is 194 g/mol. The normalized spacial score (nSPS) is 11.0. The first kappa shape index (κ1) is 8.70. The van der Waals surface area contributed by atoms with Gasteiger partial charge in [-0.25, -0.2) is 4.39 Å². The lowest BCUT2D eigenvalue weighted by Gasteiger charge is -2.00. The van der Waals surface area contributed by atoms with Crippen molar-refractivity contribution in [1.82, 2.24) is 0 Å². The number of rotatable bonds is 1. The summed E-state index contributed by atoms with van der Waals surface area (Å²) in [7, 11) is 0. The van der Waals surface area contributed by atoms with E-state index in [-0.39, 0.29) is 5.82 Å². The molecule has 0 nitrogen and oxygen atoms in total. The summed E-state index contributed by atoms with van der Waals surface area (Å²) in [5.41, 5.74) is 1.98. The van der Waals surface area contributed by atoms with E-state index < -0.39 is 0 Å². The highest BCUT2D eigenvalue weighted by Gasteiger charge is 2.08. The third-order valence-corrected chi connectivity index (χ3v) is 3.44. The first-order valence-electron chi connectivity index (χ1n) is 4.39. The SMILES string of the molecule is CCc1ccc2c(C)csc2c1F. The molecule has 1 aromatic heterocycles. The maximum absolute atomic E-state index is 13.7. The molecule has 0 spiro atoms. The van der Waals surface area contributed by atoms with Crippen molar-refractivity contribution >= 4 is 21.4 Å². The van der Waals surface area contributed by atoms with Crippen LogP contribution in [-0.4, -0.2) is 0 Å². The molecule has 0 N–H and O–H groups in total. The van der Waals surface area contributed by atoms with Crippen LogP contribution in [-0.2, 0) is 6.42 Å². The van der Waals surface area contributed by atoms with E-state index in [2.05, 4.69) is 0 Å². The highest BCUT2D eigenvalue weighted by molar-refractivity contribution is 7.17. The molecule has 0 unspecified atom stereocenters. The molecule has 1 aromatic carbocycles. The van der Waals surface area contributed by atoms with Gasteiger partial charge in [-0.05, 0) is 35.2 Å². The van der Waals surface area contributed by atoms with E-state index in [0.717, 1.165) is 22.1 Å². The maximum atomic E-state index is 13.7. The Morgan fingerprint density at radius 2 is 2.15 bits per heavy atom. The maximum Gasteiger partial charge on any atom is 0.144 e. The second kappa shape index (κ2) is 3.11. The molecule has 0 aliphatic carbocycles. The predicted octanol–water partition coefficient (Wildman–Crippen LogP) is 3.91. The van der Waals surface area contributed by atoms with Gasteiger partial charge in [0.15, 0.2) is 0 Å². The zero-order valence-corrected chi connectivity index (χ0v) is 8.54. The van der Waals surface area contributed by atoms with Crippen molar-refractivity contribution in [3.63, 3.8) is 0 Å². The van der Waals surface area contributed by atoms with E-state index in [9.17, 15) is 4.39 Å². The molecule has 0 aliphatic heterocycles. The van der Waals surface area contributed by atoms with Crippen molar-refractivity contribution in [2.24, 2.45) is 0 Å². The molecule has 1 heterocycles. The molecule has 0 saturated carbocycles. The lowest BCUT2D eigenvalue weighted by molar-refractivity contribution is 0.626. The fourth-order valence-corrected chi connectivity index (χ4v) is 2.52. The summed E-state index contributed by atoms with van der Waals surface area (Å²) in [6.07, 6.45) is 0.763. The fourth-order valence-electron chi connectivity index (χ4n) is 1.51. The molecule has 0 fully saturated rings. The number of hydrogen-bond donors (Lipinski definition) is 0. The van der Waals surface area contributed by atoms with Crippen molar-refractivity contribution in [2.45, 2.75) is 20.3 Å². The van der Waals surface area contributed by atoms with E-state index in [1.807, 2.05) is 31.4 Å². The number of aryl methyl sites for hydroxylation is 2. The lowest BCUT2D eigenvalue weighted by atomic mass is 10.1. The molecular weight excluding hydrogens is 183 g/mol. The van der Waals surface area contributed by atoms with Crippen molar-refractivity contribution < 1.29 is 4.39 Å². The van der Waals surface area contributed by atoms with Gasteiger partial charge >= 0.3 is 0 Å². The summed E-state index contributed by atoms with van der Waals surface area (Å²) in [5.74, 6) is -0.0295. The van der Waals surface area contributed by atoms with E-state index in [1.54, 1.807) is 0 Å². The van der Waals surface area contributed by atoms with Gasteiger partial charge in [-0.15, -0.1) is 11.3 Å². The predicted molar refractivity (Wildman–Crippen MR) is 55.9 cm³/mol. The minimum Gasteiger partial charge on any atom is -0.205 e. The first-order chi connectivity index (χ1) is 6.24. The Hall–Kier alpha value is -0.890. The molecule has 2 rings (SSSR count). The number of benzene rings is 1. The molecule has 0 radical (unpaired) electrons. The van der Waals surface area contributed by atoms with Gasteiger partial charge in [0.1, 0.15) is 5.82 Å². The van der Waals surface area contributed by atoms with Crippen LogP contribution in [0.3, 0.4) is 0 Å². The fraction of sp³-hybridized carbons (Fsp3) is 0.273. The second-order valence-corrected chi connectivity index (χ2v) is 4.07. The van der Waals surface area contributed by atoms with Gasteiger partial charge in [-0.1, -0.05) is 19.1 Å². The van der Waals surface area contributed by atoms with Gasteiger partial charge in [0, 0.05) is 0 Å². The van der Waals surface area contributed by atoms with Crippen LogP contribution in [0.1, 0.15) is 18.1 Å². The largest absolute Gasteiger partial charge is 0.205 e. The third kappa shape index (κ3) is 1.25. The van der Waals surface area contributed by atoms with Crippen molar-refractivity contribution in [1.29, 1.82) is 0 Å². The van der Waals surface area contributed by atoms with Crippen LogP contribution in [0.4, 0.5) is 4.39 Å². The van der Waals surface area contributed by atoms with Crippen molar-refractivity contribution in [3.05, 3.63) is 34.5 Å². The van der Waals surface area contributed by atoms with E-state index in [1.165, 1.54) is 16.9 Å². The van der Waals surface area contributed by atoms with Crippen molar-refractivity contribution in [2.75, 3.05) is 0 Å². The summed E-state index contributed by atoms with van der Waals surface area (Å²) >= 11 is 1.50.